The smallest absolute Gasteiger partial charge is 0.258 e. The number of ether oxygens (including phenoxy) is 1. The predicted molar refractivity (Wildman–Crippen MR) is 140 cm³/mol. The molecule has 1 saturated carbocycles. The molecule has 1 saturated heterocycles. The number of fused-ring (bicyclic) bond motifs is 1. The second kappa shape index (κ2) is 9.97. The van der Waals surface area contributed by atoms with Crippen molar-refractivity contribution in [3.05, 3.63) is 46.9 Å². The third-order valence-electron chi connectivity index (χ3n) is 6.91. The fourth-order valence-electron chi connectivity index (χ4n) is 4.97. The third-order valence-corrected chi connectivity index (χ3v) is 6.91. The molecule has 2 aliphatic rings. The molecule has 11 heteroatoms. The molecular weight excluding hydrogens is 480 g/mol. The zero-order chi connectivity index (χ0) is 26.3. The number of imidazole rings is 1. The number of nitrogens with two attached hydrogens (primary N) is 1. The fourth-order valence-corrected chi connectivity index (χ4v) is 4.97. The minimum absolute atomic E-state index is 0.0646. The molecule has 37 heavy (non-hydrogen) atoms. The topological polar surface area (TPSA) is 109 Å². The van der Waals surface area contributed by atoms with Crippen molar-refractivity contribution in [2.45, 2.75) is 44.7 Å². The van der Waals surface area contributed by atoms with Crippen LogP contribution >= 0.6 is 0 Å². The van der Waals surface area contributed by atoms with Crippen LogP contribution in [0.1, 0.15) is 47.3 Å². The average Bonchev–Trinajstić information content (AvgIpc) is 3.60. The number of carbonyl (C=O) groups is 1. The zero-order valence-corrected chi connectivity index (χ0v) is 21.1. The van der Waals surface area contributed by atoms with Gasteiger partial charge >= 0.3 is 0 Å². The highest BCUT2D eigenvalue weighted by atomic mass is 19.1. The summed E-state index contributed by atoms with van der Waals surface area (Å²) in [7, 11) is 2.86. The number of methoxy groups -OCH3 is 1. The summed E-state index contributed by atoms with van der Waals surface area (Å²) >= 11 is 0. The Labute approximate surface area is 213 Å². The third kappa shape index (κ3) is 4.83. The Morgan fingerprint density at radius 3 is 2.57 bits per heavy atom. The number of amides is 1. The van der Waals surface area contributed by atoms with Crippen molar-refractivity contribution in [3.63, 3.8) is 0 Å². The van der Waals surface area contributed by atoms with Crippen LogP contribution in [0.3, 0.4) is 0 Å². The van der Waals surface area contributed by atoms with Crippen LogP contribution < -0.4 is 26.0 Å². The quantitative estimate of drug-likeness (QED) is 0.331. The number of aryl methyl sites for hydroxylation is 1. The number of aromatic nitrogens is 2. The number of nitrogen functional groups attached to an aromatic ring is 1. The number of hydrogen-bond acceptors (Lipinski definition) is 7. The van der Waals surface area contributed by atoms with Crippen LogP contribution in [0.4, 0.5) is 25.8 Å². The summed E-state index contributed by atoms with van der Waals surface area (Å²) in [6, 6.07) is 2.17. The molecule has 3 heterocycles. The lowest BCUT2D eigenvalue weighted by atomic mass is 9.99. The van der Waals surface area contributed by atoms with Crippen LogP contribution in [0.15, 0.2) is 23.5 Å². The van der Waals surface area contributed by atoms with Gasteiger partial charge in [-0.25, -0.2) is 9.37 Å². The van der Waals surface area contributed by atoms with Gasteiger partial charge in [-0.1, -0.05) is 0 Å². The molecule has 196 valence electrons. The second-order valence-corrected chi connectivity index (χ2v) is 9.63. The van der Waals surface area contributed by atoms with Gasteiger partial charge in [-0.2, -0.15) is 4.39 Å². The maximum Gasteiger partial charge on any atom is 0.258 e. The minimum Gasteiger partial charge on any atom is -0.491 e. The summed E-state index contributed by atoms with van der Waals surface area (Å²) < 4.78 is 37.2. The van der Waals surface area contributed by atoms with Crippen LogP contribution in [0.2, 0.25) is 0 Å². The number of anilines is 3. The molecule has 1 aliphatic carbocycles. The molecule has 5 rings (SSSR count). The normalized spacial score (nSPS) is 16.6. The maximum absolute atomic E-state index is 15.6. The Bertz CT molecular complexity index is 1380. The summed E-state index contributed by atoms with van der Waals surface area (Å²) in [6.45, 7) is 3.06. The van der Waals surface area contributed by atoms with E-state index in [1.807, 2.05) is 4.90 Å². The van der Waals surface area contributed by atoms with Crippen molar-refractivity contribution in [2.24, 2.45) is 4.99 Å². The monoisotopic (exact) mass is 511 g/mol. The largest absolute Gasteiger partial charge is 0.491 e. The highest BCUT2D eigenvalue weighted by Gasteiger charge is 2.30. The van der Waals surface area contributed by atoms with E-state index in [2.05, 4.69) is 20.6 Å². The van der Waals surface area contributed by atoms with Gasteiger partial charge in [0.1, 0.15) is 11.5 Å². The van der Waals surface area contributed by atoms with E-state index in [9.17, 15) is 9.18 Å². The first kappa shape index (κ1) is 24.9. The Morgan fingerprint density at radius 2 is 1.92 bits per heavy atom. The van der Waals surface area contributed by atoms with Gasteiger partial charge in [0.05, 0.1) is 29.7 Å². The Morgan fingerprint density at radius 1 is 1.22 bits per heavy atom. The van der Waals surface area contributed by atoms with Crippen molar-refractivity contribution in [1.82, 2.24) is 14.7 Å². The molecule has 0 spiro atoms. The fraction of sp³-hybridized carbons (Fsp3) is 0.423. The Kier molecular flexibility index (Phi) is 6.72. The summed E-state index contributed by atoms with van der Waals surface area (Å²) in [4.78, 5) is 23.4. The summed E-state index contributed by atoms with van der Waals surface area (Å²) in [5.41, 5.74) is 7.85. The number of carbonyl (C=O) groups excluding carboxylic acids is 1. The lowest BCUT2D eigenvalue weighted by Gasteiger charge is -2.35. The van der Waals surface area contributed by atoms with Crippen molar-refractivity contribution in [2.75, 3.05) is 43.2 Å². The van der Waals surface area contributed by atoms with E-state index in [1.165, 1.54) is 36.8 Å². The lowest BCUT2D eigenvalue weighted by molar-refractivity contribution is 0.102. The summed E-state index contributed by atoms with van der Waals surface area (Å²) in [6.07, 6.45) is 8.81. The van der Waals surface area contributed by atoms with Crippen molar-refractivity contribution >= 4 is 34.8 Å². The predicted octanol–water partition coefficient (Wildman–Crippen LogP) is 3.53. The molecule has 3 aromatic rings. The van der Waals surface area contributed by atoms with E-state index in [0.29, 0.717) is 42.1 Å². The zero-order valence-electron chi connectivity index (χ0n) is 21.1. The molecule has 1 amide bonds. The SMILES string of the molecule is CN=Cc1c(N)c(C(=O)Nc2cn3cc(C)nc3c(F)c2OC)cc(F)c1N1CCC(NC2CC2)CC1. The lowest BCUT2D eigenvalue weighted by Crippen LogP contribution is -2.44. The Hall–Kier alpha value is -3.73. The number of nitrogens with zero attached hydrogens (tertiary/aromatic N) is 4. The summed E-state index contributed by atoms with van der Waals surface area (Å²) in [5.74, 6) is -2.17. The number of pyridine rings is 1. The average molecular weight is 512 g/mol. The van der Waals surface area contributed by atoms with Crippen molar-refractivity contribution < 1.29 is 18.3 Å². The number of benzene rings is 1. The number of piperidine rings is 1. The molecule has 2 fully saturated rings. The van der Waals surface area contributed by atoms with E-state index in [0.717, 1.165) is 18.9 Å². The number of aliphatic imine (C=N–C) groups is 1. The minimum atomic E-state index is -0.721. The summed E-state index contributed by atoms with van der Waals surface area (Å²) in [5, 5.41) is 6.26. The van der Waals surface area contributed by atoms with Crippen LogP contribution in [0.25, 0.3) is 5.65 Å². The first-order valence-electron chi connectivity index (χ1n) is 12.4. The number of nitrogens with one attached hydrogen (secondary N) is 2. The van der Waals surface area contributed by atoms with E-state index >= 15 is 4.39 Å². The van der Waals surface area contributed by atoms with Crippen LogP contribution in [-0.2, 0) is 0 Å². The molecule has 4 N–H and O–H groups in total. The number of rotatable bonds is 7. The van der Waals surface area contributed by atoms with E-state index in [-0.39, 0.29) is 28.3 Å². The van der Waals surface area contributed by atoms with E-state index < -0.39 is 17.5 Å². The number of hydrogen-bond donors (Lipinski definition) is 3. The highest BCUT2D eigenvalue weighted by Crippen LogP contribution is 2.35. The van der Waals surface area contributed by atoms with Gasteiger partial charge in [0.25, 0.3) is 5.91 Å². The molecule has 1 aromatic carbocycles. The van der Waals surface area contributed by atoms with Gasteiger partial charge in [0, 0.05) is 56.4 Å². The molecule has 0 unspecified atom stereocenters. The first-order chi connectivity index (χ1) is 17.8. The standard InChI is InChI=1S/C26H31F2N7O2/c1-14-12-35-13-20(24(37-3)21(28)25(35)31-14)33-26(36)17-10-19(27)23(18(11-30-2)22(17)29)34-8-6-16(7-9-34)32-15-4-5-15/h10-13,15-16,32H,4-9,29H2,1-3H3,(H,33,36). The van der Waals surface area contributed by atoms with Crippen molar-refractivity contribution in [3.8, 4) is 5.75 Å². The van der Waals surface area contributed by atoms with Gasteiger partial charge in [0.15, 0.2) is 11.4 Å². The van der Waals surface area contributed by atoms with E-state index in [4.69, 9.17) is 10.5 Å². The number of halogens is 2. The second-order valence-electron chi connectivity index (χ2n) is 9.63. The molecule has 0 radical (unpaired) electrons. The van der Waals surface area contributed by atoms with Gasteiger partial charge < -0.3 is 30.4 Å². The molecule has 9 nitrogen and oxygen atoms in total. The van der Waals surface area contributed by atoms with Crippen LogP contribution in [0, 0.1) is 18.6 Å². The highest BCUT2D eigenvalue weighted by molar-refractivity contribution is 6.12. The van der Waals surface area contributed by atoms with Crippen molar-refractivity contribution in [1.29, 1.82) is 0 Å². The molecule has 1 aliphatic heterocycles. The van der Waals surface area contributed by atoms with Gasteiger partial charge in [-0.05, 0) is 38.7 Å². The van der Waals surface area contributed by atoms with Crippen LogP contribution in [0.5, 0.6) is 5.75 Å². The molecular formula is C26H31F2N7O2. The maximum atomic E-state index is 15.6. The first-order valence-corrected chi connectivity index (χ1v) is 12.4. The Balaban J connectivity index is 1.45. The van der Waals surface area contributed by atoms with E-state index in [1.54, 1.807) is 20.2 Å². The van der Waals surface area contributed by atoms with Gasteiger partial charge in [0.2, 0.25) is 5.82 Å². The van der Waals surface area contributed by atoms with Gasteiger partial charge in [-0.3, -0.25) is 9.79 Å². The molecule has 2 aromatic heterocycles. The van der Waals surface area contributed by atoms with Crippen LogP contribution in [-0.4, -0.2) is 60.8 Å². The molecule has 0 atom stereocenters. The van der Waals surface area contributed by atoms with Gasteiger partial charge in [-0.15, -0.1) is 0 Å². The molecule has 0 bridgehead atoms.